The van der Waals surface area contributed by atoms with Gasteiger partial charge in [0.1, 0.15) is 6.54 Å². The molecule has 84 valence electrons. The van der Waals surface area contributed by atoms with Crippen LogP contribution < -0.4 is 0 Å². The van der Waals surface area contributed by atoms with Gasteiger partial charge in [0, 0.05) is 5.41 Å². The van der Waals surface area contributed by atoms with E-state index < -0.39 is 0 Å². The minimum Gasteiger partial charge on any atom is -0.228 e. The van der Waals surface area contributed by atoms with E-state index >= 15 is 0 Å². The number of terminal acetylenes is 2. The summed E-state index contributed by atoms with van der Waals surface area (Å²) in [6.07, 6.45) is 10.5. The van der Waals surface area contributed by atoms with E-state index in [-0.39, 0.29) is 5.41 Å². The molecule has 0 fully saturated rings. The largest absolute Gasteiger partial charge is 0.228 e. The standard InChI is InChI=1S/C12H15N3S/c1-6-8-15-11(16-9-7-2)13-10(14-15)12(3,4)5/h1-2H,8-9H2,3-5H3. The molecule has 0 atom stereocenters. The molecule has 16 heavy (non-hydrogen) atoms. The summed E-state index contributed by atoms with van der Waals surface area (Å²) in [4.78, 5) is 4.46. The fraction of sp³-hybridized carbons (Fsp3) is 0.500. The maximum absolute atomic E-state index is 5.29. The van der Waals surface area contributed by atoms with Gasteiger partial charge >= 0.3 is 0 Å². The summed E-state index contributed by atoms with van der Waals surface area (Å²) >= 11 is 1.48. The number of aromatic nitrogens is 3. The maximum Gasteiger partial charge on any atom is 0.188 e. The predicted octanol–water partition coefficient (Wildman–Crippen LogP) is 1.93. The Morgan fingerprint density at radius 2 is 2.00 bits per heavy atom. The first kappa shape index (κ1) is 12.7. The molecule has 1 aromatic rings. The van der Waals surface area contributed by atoms with Crippen molar-refractivity contribution in [3.05, 3.63) is 5.82 Å². The average Bonchev–Trinajstić information content (AvgIpc) is 2.58. The molecule has 0 spiro atoms. The summed E-state index contributed by atoms with van der Waals surface area (Å²) in [5.41, 5.74) is -0.0781. The van der Waals surface area contributed by atoms with E-state index in [0.29, 0.717) is 12.3 Å². The predicted molar refractivity (Wildman–Crippen MR) is 67.1 cm³/mol. The summed E-state index contributed by atoms with van der Waals surface area (Å²) in [6.45, 7) is 6.63. The van der Waals surface area contributed by atoms with Gasteiger partial charge in [-0.2, -0.15) is 5.10 Å². The van der Waals surface area contributed by atoms with Crippen molar-refractivity contribution < 1.29 is 0 Å². The Hall–Kier alpha value is -1.39. The fourth-order valence-corrected chi connectivity index (χ4v) is 1.67. The van der Waals surface area contributed by atoms with Crippen LogP contribution in [-0.4, -0.2) is 20.5 Å². The molecule has 0 radical (unpaired) electrons. The molecule has 0 N–H and O–H groups in total. The van der Waals surface area contributed by atoms with Gasteiger partial charge in [-0.3, -0.25) is 0 Å². The Bertz CT molecular complexity index is 440. The third-order valence-electron chi connectivity index (χ3n) is 1.83. The maximum atomic E-state index is 5.29. The molecule has 4 heteroatoms. The Kier molecular flexibility index (Phi) is 4.04. The molecule has 0 aliphatic heterocycles. The van der Waals surface area contributed by atoms with Crippen LogP contribution in [0, 0.1) is 24.7 Å². The Balaban J connectivity index is 3.02. The van der Waals surface area contributed by atoms with Crippen LogP contribution >= 0.6 is 11.8 Å². The van der Waals surface area contributed by atoms with Crippen molar-refractivity contribution in [1.29, 1.82) is 0 Å². The van der Waals surface area contributed by atoms with Crippen LogP contribution in [-0.2, 0) is 12.0 Å². The summed E-state index contributed by atoms with van der Waals surface area (Å²) in [5.74, 6) is 6.49. The van der Waals surface area contributed by atoms with Gasteiger partial charge in [0.25, 0.3) is 0 Å². The molecule has 0 saturated carbocycles. The van der Waals surface area contributed by atoms with E-state index in [0.717, 1.165) is 11.0 Å². The number of rotatable bonds is 3. The molecule has 0 unspecified atom stereocenters. The Labute approximate surface area is 101 Å². The highest BCUT2D eigenvalue weighted by atomic mass is 32.2. The number of hydrogen-bond acceptors (Lipinski definition) is 3. The van der Waals surface area contributed by atoms with Crippen LogP contribution in [0.25, 0.3) is 0 Å². The van der Waals surface area contributed by atoms with Gasteiger partial charge in [-0.25, -0.2) is 9.67 Å². The van der Waals surface area contributed by atoms with E-state index in [1.807, 2.05) is 0 Å². The van der Waals surface area contributed by atoms with Crippen LogP contribution in [0.3, 0.4) is 0 Å². The van der Waals surface area contributed by atoms with Gasteiger partial charge < -0.3 is 0 Å². The SMILES string of the molecule is C#CCSc1nc(C(C)(C)C)nn1CC#C. The van der Waals surface area contributed by atoms with Gasteiger partial charge in [0.2, 0.25) is 0 Å². The van der Waals surface area contributed by atoms with Gasteiger partial charge in [0.05, 0.1) is 5.75 Å². The smallest absolute Gasteiger partial charge is 0.188 e. The zero-order chi connectivity index (χ0) is 12.2. The minimum absolute atomic E-state index is 0.0781. The highest BCUT2D eigenvalue weighted by Crippen LogP contribution is 2.22. The fourth-order valence-electron chi connectivity index (χ4n) is 1.05. The zero-order valence-corrected chi connectivity index (χ0v) is 10.6. The second-order valence-electron chi connectivity index (χ2n) is 4.32. The van der Waals surface area contributed by atoms with Gasteiger partial charge in [-0.05, 0) is 0 Å². The first-order chi connectivity index (χ1) is 7.49. The summed E-state index contributed by atoms with van der Waals surface area (Å²) in [6, 6.07) is 0. The first-order valence-electron chi connectivity index (χ1n) is 4.94. The summed E-state index contributed by atoms with van der Waals surface area (Å²) < 4.78 is 1.72. The van der Waals surface area contributed by atoms with Crippen molar-refractivity contribution in [3.63, 3.8) is 0 Å². The molecule has 1 aromatic heterocycles. The molecule has 0 bridgehead atoms. The van der Waals surface area contributed by atoms with Crippen molar-refractivity contribution in [2.24, 2.45) is 0 Å². The third-order valence-corrected chi connectivity index (χ3v) is 2.71. The van der Waals surface area contributed by atoms with Gasteiger partial charge in [-0.15, -0.1) is 12.8 Å². The van der Waals surface area contributed by atoms with Crippen molar-refractivity contribution >= 4 is 11.8 Å². The third kappa shape index (κ3) is 3.05. The number of thioether (sulfide) groups is 1. The molecule has 0 aliphatic rings. The van der Waals surface area contributed by atoms with E-state index in [9.17, 15) is 0 Å². The quantitative estimate of drug-likeness (QED) is 0.590. The molecule has 0 amide bonds. The van der Waals surface area contributed by atoms with Crippen LogP contribution in [0.4, 0.5) is 0 Å². The van der Waals surface area contributed by atoms with Crippen LogP contribution in [0.5, 0.6) is 0 Å². The van der Waals surface area contributed by atoms with Crippen LogP contribution in [0.1, 0.15) is 26.6 Å². The molecule has 3 nitrogen and oxygen atoms in total. The summed E-state index contributed by atoms with van der Waals surface area (Å²) in [7, 11) is 0. The lowest BCUT2D eigenvalue weighted by Crippen LogP contribution is -2.14. The lowest BCUT2D eigenvalue weighted by molar-refractivity contribution is 0.534. The normalized spacial score (nSPS) is 10.8. The lowest BCUT2D eigenvalue weighted by Gasteiger charge is -2.11. The van der Waals surface area contributed by atoms with Crippen molar-refractivity contribution in [2.75, 3.05) is 5.75 Å². The zero-order valence-electron chi connectivity index (χ0n) is 9.82. The molecule has 1 rings (SSSR count). The van der Waals surface area contributed by atoms with Crippen molar-refractivity contribution in [3.8, 4) is 24.7 Å². The van der Waals surface area contributed by atoms with E-state index in [1.165, 1.54) is 11.8 Å². The minimum atomic E-state index is -0.0781. The van der Waals surface area contributed by atoms with Crippen molar-refractivity contribution in [1.82, 2.24) is 14.8 Å². The van der Waals surface area contributed by atoms with E-state index in [2.05, 4.69) is 42.7 Å². The molecule has 1 heterocycles. The average molecular weight is 233 g/mol. The van der Waals surface area contributed by atoms with Crippen molar-refractivity contribution in [2.45, 2.75) is 37.9 Å². The highest BCUT2D eigenvalue weighted by molar-refractivity contribution is 7.99. The Morgan fingerprint density at radius 1 is 1.31 bits per heavy atom. The molecule has 0 aliphatic carbocycles. The Morgan fingerprint density at radius 3 is 2.50 bits per heavy atom. The molecule has 0 aromatic carbocycles. The monoisotopic (exact) mass is 233 g/mol. The van der Waals surface area contributed by atoms with Gasteiger partial charge in [-0.1, -0.05) is 44.4 Å². The second-order valence-corrected chi connectivity index (χ2v) is 5.27. The summed E-state index contributed by atoms with van der Waals surface area (Å²) in [5, 5.41) is 5.19. The number of nitrogens with zero attached hydrogens (tertiary/aromatic N) is 3. The lowest BCUT2D eigenvalue weighted by atomic mass is 9.96. The van der Waals surface area contributed by atoms with Crippen LogP contribution in [0.15, 0.2) is 5.16 Å². The van der Waals surface area contributed by atoms with Gasteiger partial charge in [0.15, 0.2) is 11.0 Å². The van der Waals surface area contributed by atoms with Crippen LogP contribution in [0.2, 0.25) is 0 Å². The topological polar surface area (TPSA) is 30.7 Å². The number of hydrogen-bond donors (Lipinski definition) is 0. The molecular formula is C12H15N3S. The highest BCUT2D eigenvalue weighted by Gasteiger charge is 2.21. The second kappa shape index (κ2) is 5.09. The first-order valence-corrected chi connectivity index (χ1v) is 5.92. The molecular weight excluding hydrogens is 218 g/mol. The molecule has 0 saturated heterocycles. The van der Waals surface area contributed by atoms with E-state index in [4.69, 9.17) is 12.8 Å². The van der Waals surface area contributed by atoms with E-state index in [1.54, 1.807) is 4.68 Å².